The summed E-state index contributed by atoms with van der Waals surface area (Å²) in [4.78, 5) is 1.86. The van der Waals surface area contributed by atoms with Crippen LogP contribution in [0.1, 0.15) is 64.5 Å². The van der Waals surface area contributed by atoms with E-state index in [9.17, 15) is 25.9 Å². The van der Waals surface area contributed by atoms with Gasteiger partial charge in [-0.3, -0.25) is 0 Å². The van der Waals surface area contributed by atoms with Crippen molar-refractivity contribution in [2.75, 3.05) is 23.7 Å². The summed E-state index contributed by atoms with van der Waals surface area (Å²) in [5.41, 5.74) is 5.99. The number of hydrogen-bond acceptors (Lipinski definition) is 7. The van der Waals surface area contributed by atoms with Crippen molar-refractivity contribution >= 4 is 58.9 Å². The monoisotopic (exact) mass is 773 g/mol. The van der Waals surface area contributed by atoms with Gasteiger partial charge < -0.3 is 20.9 Å². The van der Waals surface area contributed by atoms with Crippen LogP contribution in [0.25, 0.3) is 21.5 Å². The molecule has 2 heterocycles. The van der Waals surface area contributed by atoms with Gasteiger partial charge in [-0.15, -0.1) is 0 Å². The Balaban J connectivity index is 0.00000561. The van der Waals surface area contributed by atoms with E-state index in [0.29, 0.717) is 18.4 Å². The largest absolute Gasteiger partial charge is 1.00 e. The van der Waals surface area contributed by atoms with E-state index in [4.69, 9.17) is 0 Å². The maximum atomic E-state index is 11.7. The topological polar surface area (TPSA) is 121 Å². The molecule has 0 aromatic heterocycles. The van der Waals surface area contributed by atoms with Gasteiger partial charge in [-0.1, -0.05) is 80.6 Å². The van der Waals surface area contributed by atoms with Gasteiger partial charge in [-0.25, -0.2) is 16.8 Å². The van der Waals surface area contributed by atoms with Gasteiger partial charge in [0.1, 0.15) is 16.7 Å². The minimum absolute atomic E-state index is 0. The fourth-order valence-electron chi connectivity index (χ4n) is 8.05. The molecule has 54 heavy (non-hydrogen) atoms. The summed E-state index contributed by atoms with van der Waals surface area (Å²) in [7, 11) is -8.94. The van der Waals surface area contributed by atoms with Crippen molar-refractivity contribution in [3.8, 4) is 0 Å². The second-order valence-electron chi connectivity index (χ2n) is 14.8. The normalized spacial score (nSPS) is 17.5. The summed E-state index contributed by atoms with van der Waals surface area (Å²) < 4.78 is 71.5. The van der Waals surface area contributed by atoms with Crippen LogP contribution < -0.4 is 34.5 Å². The third kappa shape index (κ3) is 8.40. The Hall–Kier alpha value is -3.35. The summed E-state index contributed by atoms with van der Waals surface area (Å²) in [5, 5.41) is 3.98. The quantitative estimate of drug-likeness (QED) is 0.0436. The number of benzene rings is 4. The molecule has 0 spiro atoms. The molecule has 4 aromatic carbocycles. The number of allylic oxidation sites excluding steroid dienone is 8. The van der Waals surface area contributed by atoms with Crippen molar-refractivity contribution in [3.63, 3.8) is 0 Å². The van der Waals surface area contributed by atoms with Crippen LogP contribution in [0.15, 0.2) is 120 Å². The van der Waals surface area contributed by atoms with Crippen molar-refractivity contribution < 1.29 is 60.1 Å². The Morgan fingerprint density at radius 3 is 2.17 bits per heavy atom. The standard InChI is InChI=1S/C43H48N2O6S2.Na/c1-6-7-27-44-36-25-21-31-17-13-14-18-34(31)40(36)42(2,3)38(44)19-11-9-8-10-12-20-39-43(4,5)41-35-24-23-33(53(49,50)51)30-32(35)22-26-37(41)45(39)28-15-16-29-52(46,47)48;/h8-14,17-26,30H,1,6-7,15-16,27-29H2,2-5H3,(H,46,47,48)(H,49,50,51);/q;+1/p-2. The molecule has 4 aromatic rings. The molecule has 2 aliphatic rings. The molecule has 0 fully saturated rings. The third-order valence-corrected chi connectivity index (χ3v) is 12.1. The van der Waals surface area contributed by atoms with Crippen molar-refractivity contribution in [2.45, 2.75) is 69.1 Å². The molecule has 0 radical (unpaired) electrons. The molecular weight excluding hydrogens is 728 g/mol. The Bertz CT molecular complexity index is 2460. The van der Waals surface area contributed by atoms with E-state index in [1.807, 2.05) is 36.4 Å². The third-order valence-electron chi connectivity index (χ3n) is 10.5. The molecule has 0 bridgehead atoms. The molecule has 2 aliphatic heterocycles. The van der Waals surface area contributed by atoms with E-state index in [0.717, 1.165) is 41.7 Å². The molecule has 0 N–H and O–H groups in total. The first kappa shape index (κ1) is 41.8. The van der Waals surface area contributed by atoms with Crippen LogP contribution in [0.3, 0.4) is 0 Å². The van der Waals surface area contributed by atoms with Crippen LogP contribution in [-0.4, -0.2) is 55.1 Å². The zero-order chi connectivity index (χ0) is 38.2. The number of nitrogens with zero attached hydrogens (tertiary/aromatic N) is 2. The Kier molecular flexibility index (Phi) is 12.7. The Morgan fingerprint density at radius 2 is 1.44 bits per heavy atom. The Labute approximate surface area is 342 Å². The predicted molar refractivity (Wildman–Crippen MR) is 213 cm³/mol. The van der Waals surface area contributed by atoms with Gasteiger partial charge in [0.2, 0.25) is 5.69 Å². The first-order valence-corrected chi connectivity index (χ1v) is 21.0. The molecule has 0 saturated carbocycles. The molecule has 6 rings (SSSR count). The van der Waals surface area contributed by atoms with Gasteiger partial charge in [-0.05, 0) is 90.6 Å². The average molecular weight is 774 g/mol. The van der Waals surface area contributed by atoms with Crippen LogP contribution in [0.2, 0.25) is 0 Å². The van der Waals surface area contributed by atoms with E-state index >= 15 is 0 Å². The fraction of sp³-hybridized carbons (Fsp3) is 0.302. The summed E-state index contributed by atoms with van der Waals surface area (Å²) >= 11 is 0. The maximum absolute atomic E-state index is 11.7. The fourth-order valence-corrected chi connectivity index (χ4v) is 9.11. The molecule has 278 valence electrons. The van der Waals surface area contributed by atoms with Crippen molar-refractivity contribution in [2.24, 2.45) is 0 Å². The summed E-state index contributed by atoms with van der Waals surface area (Å²) in [6.07, 6.45) is 16.8. The number of unbranched alkanes of at least 4 members (excludes halogenated alkanes) is 2. The molecule has 0 unspecified atom stereocenters. The first-order chi connectivity index (χ1) is 25.1. The van der Waals surface area contributed by atoms with Gasteiger partial charge in [0.15, 0.2) is 5.71 Å². The van der Waals surface area contributed by atoms with Crippen LogP contribution in [0.4, 0.5) is 11.4 Å². The minimum atomic E-state index is -4.62. The van der Waals surface area contributed by atoms with Crippen LogP contribution in [-0.2, 0) is 31.1 Å². The predicted octanol–water partition coefficient (Wildman–Crippen LogP) is 5.57. The maximum Gasteiger partial charge on any atom is 1.00 e. The van der Waals surface area contributed by atoms with Crippen molar-refractivity contribution in [1.82, 2.24) is 0 Å². The van der Waals surface area contributed by atoms with E-state index < -0.39 is 31.4 Å². The molecule has 0 atom stereocenters. The van der Waals surface area contributed by atoms with Gasteiger partial charge in [0.05, 0.1) is 20.4 Å². The molecule has 11 heteroatoms. The summed E-state index contributed by atoms with van der Waals surface area (Å²) in [5.74, 6) is -0.425. The number of hydrogen-bond donors (Lipinski definition) is 0. The molecular formula is C43H46N2NaO6S2-. The second kappa shape index (κ2) is 16.4. The van der Waals surface area contributed by atoms with Gasteiger partial charge >= 0.3 is 29.6 Å². The number of fused-ring (bicyclic) bond motifs is 6. The summed E-state index contributed by atoms with van der Waals surface area (Å²) in [6.45, 7) is 14.2. The molecule has 0 saturated heterocycles. The van der Waals surface area contributed by atoms with Crippen LogP contribution in [0, 0.1) is 6.92 Å². The zero-order valence-electron chi connectivity index (χ0n) is 31.7. The average Bonchev–Trinajstić information content (AvgIpc) is 3.45. The number of rotatable bonds is 13. The Morgan fingerprint density at radius 1 is 0.759 bits per heavy atom. The minimum Gasteiger partial charge on any atom is -0.748 e. The van der Waals surface area contributed by atoms with E-state index in [1.165, 1.54) is 39.9 Å². The smallest absolute Gasteiger partial charge is 0.748 e. The first-order valence-electron chi connectivity index (χ1n) is 18.0. The van der Waals surface area contributed by atoms with Gasteiger partial charge in [-0.2, -0.15) is 11.0 Å². The van der Waals surface area contributed by atoms with Crippen molar-refractivity contribution in [3.05, 3.63) is 133 Å². The van der Waals surface area contributed by atoms with Crippen molar-refractivity contribution in [1.29, 1.82) is 0 Å². The SMILES string of the molecule is [CH2-]CCC[N+]1=C(/C=C/C=C/C=C/C=C2/N(CCCCS(=O)(=O)[O-])c3ccc4cc(S(=O)(=O)[O-])ccc4c3C2(C)C)C(C)(C)c2c1ccc1ccccc21.[Na+]. The van der Waals surface area contributed by atoms with E-state index in [2.05, 4.69) is 92.6 Å². The van der Waals surface area contributed by atoms with E-state index in [-0.39, 0.29) is 46.3 Å². The van der Waals surface area contributed by atoms with Gasteiger partial charge in [0, 0.05) is 46.8 Å². The van der Waals surface area contributed by atoms with Gasteiger partial charge in [0.25, 0.3) is 0 Å². The summed E-state index contributed by atoms with van der Waals surface area (Å²) in [6, 6.07) is 21.1. The second-order valence-corrected chi connectivity index (χ2v) is 17.7. The number of anilines is 1. The molecule has 0 aliphatic carbocycles. The van der Waals surface area contributed by atoms with Crippen LogP contribution >= 0.6 is 0 Å². The zero-order valence-corrected chi connectivity index (χ0v) is 35.3. The molecule has 0 amide bonds. The van der Waals surface area contributed by atoms with E-state index in [1.54, 1.807) is 12.1 Å². The van der Waals surface area contributed by atoms with Crippen LogP contribution in [0.5, 0.6) is 0 Å². The molecule has 8 nitrogen and oxygen atoms in total.